The zero-order chi connectivity index (χ0) is 12.1. The monoisotopic (exact) mass is 249 g/mol. The van der Waals surface area contributed by atoms with E-state index in [1.54, 1.807) is 11.0 Å². The molecule has 2 aromatic rings. The van der Waals surface area contributed by atoms with Crippen molar-refractivity contribution in [1.82, 2.24) is 19.7 Å². The molecule has 0 fully saturated rings. The molecule has 17 heavy (non-hydrogen) atoms. The largest absolute Gasteiger partial charge is 0.370 e. The fourth-order valence-electron chi connectivity index (χ4n) is 1.29. The van der Waals surface area contributed by atoms with Crippen LogP contribution < -0.4 is 5.32 Å². The number of nitrogens with one attached hydrogen (secondary N) is 1. The van der Waals surface area contributed by atoms with Crippen LogP contribution in [0.4, 0.5) is 5.82 Å². The normalized spacial score (nSPS) is 10.5. The van der Waals surface area contributed by atoms with Gasteiger partial charge in [-0.15, -0.1) is 0 Å². The van der Waals surface area contributed by atoms with Crippen LogP contribution in [0, 0.1) is 0 Å². The van der Waals surface area contributed by atoms with Crippen LogP contribution in [0.15, 0.2) is 34.7 Å². The molecule has 0 aliphatic heterocycles. The second-order valence-electron chi connectivity index (χ2n) is 3.56. The number of aryl methyl sites for hydroxylation is 1. The van der Waals surface area contributed by atoms with E-state index in [-0.39, 0.29) is 0 Å². The molecule has 0 saturated heterocycles. The van der Waals surface area contributed by atoms with Crippen LogP contribution in [0.5, 0.6) is 0 Å². The predicted octanol–water partition coefficient (Wildman–Crippen LogP) is 2.18. The van der Waals surface area contributed by atoms with E-state index in [0.29, 0.717) is 0 Å². The van der Waals surface area contributed by atoms with E-state index < -0.39 is 0 Å². The number of anilines is 1. The maximum absolute atomic E-state index is 4.50. The van der Waals surface area contributed by atoms with Gasteiger partial charge in [-0.1, -0.05) is 13.0 Å². The van der Waals surface area contributed by atoms with Gasteiger partial charge in [0.25, 0.3) is 0 Å². The molecule has 0 amide bonds. The molecule has 0 aromatic carbocycles. The van der Waals surface area contributed by atoms with Gasteiger partial charge in [-0.2, -0.15) is 5.10 Å². The van der Waals surface area contributed by atoms with E-state index in [2.05, 4.69) is 27.3 Å². The highest BCUT2D eigenvalue weighted by atomic mass is 32.2. The maximum Gasteiger partial charge on any atom is 0.192 e. The lowest BCUT2D eigenvalue weighted by Gasteiger charge is -2.05. The highest BCUT2D eigenvalue weighted by molar-refractivity contribution is 7.99. The summed E-state index contributed by atoms with van der Waals surface area (Å²) in [5, 5.41) is 9.04. The second-order valence-corrected chi connectivity index (χ2v) is 4.54. The van der Waals surface area contributed by atoms with Gasteiger partial charge < -0.3 is 5.32 Å². The summed E-state index contributed by atoms with van der Waals surface area (Å²) in [6.45, 7) is 3.07. The summed E-state index contributed by atoms with van der Waals surface area (Å²) >= 11 is 1.51. The van der Waals surface area contributed by atoms with Crippen LogP contribution in [0.2, 0.25) is 0 Å². The Kier molecular flexibility index (Phi) is 3.98. The molecule has 6 heteroatoms. The van der Waals surface area contributed by atoms with Crippen molar-refractivity contribution >= 4 is 17.6 Å². The van der Waals surface area contributed by atoms with E-state index in [9.17, 15) is 0 Å². The summed E-state index contributed by atoms with van der Waals surface area (Å²) in [5.41, 5.74) is 0. The summed E-state index contributed by atoms with van der Waals surface area (Å²) < 4.78 is 1.73. The average molecular weight is 249 g/mol. The van der Waals surface area contributed by atoms with Crippen molar-refractivity contribution in [1.29, 1.82) is 0 Å². The molecule has 0 radical (unpaired) electrons. The Morgan fingerprint density at radius 3 is 3.00 bits per heavy atom. The Bertz CT molecular complexity index is 482. The smallest absolute Gasteiger partial charge is 0.192 e. The second kappa shape index (κ2) is 5.67. The van der Waals surface area contributed by atoms with Crippen LogP contribution in [0.3, 0.4) is 0 Å². The van der Waals surface area contributed by atoms with Crippen LogP contribution in [-0.2, 0) is 7.05 Å². The van der Waals surface area contributed by atoms with Gasteiger partial charge in [0.1, 0.15) is 17.2 Å². The van der Waals surface area contributed by atoms with Crippen LogP contribution >= 0.6 is 11.8 Å². The number of hydrogen-bond acceptors (Lipinski definition) is 5. The van der Waals surface area contributed by atoms with Gasteiger partial charge in [0.15, 0.2) is 5.16 Å². The average Bonchev–Trinajstić information content (AvgIpc) is 2.73. The quantitative estimate of drug-likeness (QED) is 0.880. The Morgan fingerprint density at radius 1 is 1.41 bits per heavy atom. The van der Waals surface area contributed by atoms with E-state index in [1.807, 2.05) is 25.2 Å². The molecule has 2 heterocycles. The minimum absolute atomic E-state index is 0.838. The van der Waals surface area contributed by atoms with Gasteiger partial charge in [0.05, 0.1) is 0 Å². The summed E-state index contributed by atoms with van der Waals surface area (Å²) in [6.07, 6.45) is 2.63. The zero-order valence-corrected chi connectivity index (χ0v) is 10.7. The molecule has 2 rings (SSSR count). The lowest BCUT2D eigenvalue weighted by atomic mass is 10.4. The molecule has 0 saturated carbocycles. The Balaban J connectivity index is 2.08. The fraction of sp³-hybridized carbons (Fsp3) is 0.364. The lowest BCUT2D eigenvalue weighted by Crippen LogP contribution is -2.02. The SMILES string of the molecule is CCCNc1cccc(Sc2ncnn2C)n1. The molecule has 0 bridgehead atoms. The van der Waals surface area contributed by atoms with Gasteiger partial charge in [0.2, 0.25) is 0 Å². The Labute approximate surface area is 105 Å². The van der Waals surface area contributed by atoms with Crippen molar-refractivity contribution in [3.63, 3.8) is 0 Å². The highest BCUT2D eigenvalue weighted by Crippen LogP contribution is 2.24. The van der Waals surface area contributed by atoms with Crippen molar-refractivity contribution < 1.29 is 0 Å². The summed E-state index contributed by atoms with van der Waals surface area (Å²) in [5.74, 6) is 0.902. The number of pyridine rings is 1. The molecule has 0 unspecified atom stereocenters. The third-order valence-corrected chi connectivity index (χ3v) is 3.13. The molecule has 5 nitrogen and oxygen atoms in total. The van der Waals surface area contributed by atoms with E-state index >= 15 is 0 Å². The van der Waals surface area contributed by atoms with Crippen molar-refractivity contribution in [3.8, 4) is 0 Å². The third kappa shape index (κ3) is 3.20. The lowest BCUT2D eigenvalue weighted by molar-refractivity contribution is 0.684. The van der Waals surface area contributed by atoms with Gasteiger partial charge in [-0.25, -0.2) is 14.6 Å². The molecule has 0 spiro atoms. The Morgan fingerprint density at radius 2 is 2.29 bits per heavy atom. The minimum atomic E-state index is 0.838. The number of rotatable bonds is 5. The first-order valence-electron chi connectivity index (χ1n) is 5.52. The van der Waals surface area contributed by atoms with Crippen molar-refractivity contribution in [2.24, 2.45) is 7.05 Å². The molecule has 0 aliphatic carbocycles. The van der Waals surface area contributed by atoms with Crippen LogP contribution in [0.25, 0.3) is 0 Å². The molecular weight excluding hydrogens is 234 g/mol. The number of hydrogen-bond donors (Lipinski definition) is 1. The molecule has 0 atom stereocenters. The molecule has 1 N–H and O–H groups in total. The standard InChI is InChI=1S/C11H15N5S/c1-3-7-12-9-5-4-6-10(15-9)17-11-13-8-14-16(11)2/h4-6,8H,3,7H2,1-2H3,(H,12,15). The highest BCUT2D eigenvalue weighted by Gasteiger charge is 2.05. The fourth-order valence-corrected chi connectivity index (χ4v) is 2.05. The van der Waals surface area contributed by atoms with Crippen LogP contribution in [0.1, 0.15) is 13.3 Å². The number of aromatic nitrogens is 4. The summed E-state index contributed by atoms with van der Waals surface area (Å²) in [7, 11) is 1.87. The van der Waals surface area contributed by atoms with Crippen molar-refractivity contribution in [2.45, 2.75) is 23.5 Å². The summed E-state index contributed by atoms with van der Waals surface area (Å²) in [6, 6.07) is 5.93. The van der Waals surface area contributed by atoms with E-state index in [1.165, 1.54) is 11.8 Å². The first-order valence-corrected chi connectivity index (χ1v) is 6.34. The maximum atomic E-state index is 4.50. The van der Waals surface area contributed by atoms with Crippen molar-refractivity contribution in [2.75, 3.05) is 11.9 Å². The topological polar surface area (TPSA) is 55.6 Å². The molecule has 90 valence electrons. The van der Waals surface area contributed by atoms with Gasteiger partial charge >= 0.3 is 0 Å². The van der Waals surface area contributed by atoms with E-state index in [4.69, 9.17) is 0 Å². The first-order chi connectivity index (χ1) is 8.29. The van der Waals surface area contributed by atoms with Gasteiger partial charge in [-0.3, -0.25) is 0 Å². The molecule has 0 aliphatic rings. The van der Waals surface area contributed by atoms with Crippen LogP contribution in [-0.4, -0.2) is 26.3 Å². The number of nitrogens with zero attached hydrogens (tertiary/aromatic N) is 4. The predicted molar refractivity (Wildman–Crippen MR) is 68.1 cm³/mol. The minimum Gasteiger partial charge on any atom is -0.370 e. The Hall–Kier alpha value is -1.56. The van der Waals surface area contributed by atoms with Gasteiger partial charge in [0, 0.05) is 13.6 Å². The van der Waals surface area contributed by atoms with Gasteiger partial charge in [-0.05, 0) is 30.3 Å². The third-order valence-electron chi connectivity index (χ3n) is 2.15. The molecule has 2 aromatic heterocycles. The first kappa shape index (κ1) is 11.9. The summed E-state index contributed by atoms with van der Waals surface area (Å²) in [4.78, 5) is 8.65. The zero-order valence-electron chi connectivity index (χ0n) is 9.92. The van der Waals surface area contributed by atoms with Crippen molar-refractivity contribution in [3.05, 3.63) is 24.5 Å². The molecular formula is C11H15N5S. The van der Waals surface area contributed by atoms with E-state index in [0.717, 1.165) is 29.0 Å².